The van der Waals surface area contributed by atoms with Crippen LogP contribution in [0.1, 0.15) is 93.9 Å². The van der Waals surface area contributed by atoms with E-state index in [9.17, 15) is 24.9 Å². The van der Waals surface area contributed by atoms with Gasteiger partial charge in [0.05, 0.1) is 63.6 Å². The predicted molar refractivity (Wildman–Crippen MR) is 187 cm³/mol. The number of amides is 1. The monoisotopic (exact) mass is 804 g/mol. The second-order valence-electron chi connectivity index (χ2n) is 15.6. The smallest absolute Gasteiger partial charge is 0.410 e. The lowest BCUT2D eigenvalue weighted by molar-refractivity contribution is -0.927. The molecule has 0 aromatic heterocycles. The summed E-state index contributed by atoms with van der Waals surface area (Å²) in [5, 5.41) is 32.3. The number of likely N-dealkylation sites (N-methyl/N-ethyl adjacent to an activating group) is 1. The first-order valence-electron chi connectivity index (χ1n) is 18.2. The highest BCUT2D eigenvalue weighted by molar-refractivity contribution is 5.70. The number of allylic oxidation sites excluding steroid dienone is 3. The van der Waals surface area contributed by atoms with Crippen molar-refractivity contribution in [2.24, 2.45) is 17.8 Å². The van der Waals surface area contributed by atoms with Gasteiger partial charge in [-0.2, -0.15) is 0 Å². The molecular formula is C38H65IN2O8. The second-order valence-corrected chi connectivity index (χ2v) is 15.6. The average molecular weight is 805 g/mol. The van der Waals surface area contributed by atoms with Crippen LogP contribution in [0.3, 0.4) is 0 Å². The Kier molecular flexibility index (Phi) is 17.2. The lowest BCUT2D eigenvalue weighted by Gasteiger charge is -2.37. The summed E-state index contributed by atoms with van der Waals surface area (Å²) in [7, 11) is 2.22. The van der Waals surface area contributed by atoms with Crippen LogP contribution in [0.15, 0.2) is 36.0 Å². The largest absolute Gasteiger partial charge is 1.00 e. The topological polar surface area (TPSA) is 129 Å². The number of ether oxygens (including phenoxy) is 3. The summed E-state index contributed by atoms with van der Waals surface area (Å²) in [6.07, 6.45) is 8.95. The Morgan fingerprint density at radius 1 is 1.20 bits per heavy atom. The molecule has 3 heterocycles. The molecule has 2 saturated heterocycles. The van der Waals surface area contributed by atoms with Crippen molar-refractivity contribution in [1.82, 2.24) is 4.90 Å². The molecular weight excluding hydrogens is 739 g/mol. The van der Waals surface area contributed by atoms with Crippen LogP contribution in [-0.4, -0.2) is 118 Å². The first kappa shape index (κ1) is 43.7. The van der Waals surface area contributed by atoms with Crippen molar-refractivity contribution >= 4 is 12.1 Å². The third-order valence-corrected chi connectivity index (χ3v) is 11.1. The summed E-state index contributed by atoms with van der Waals surface area (Å²) in [4.78, 5) is 28.1. The van der Waals surface area contributed by atoms with E-state index in [1.807, 2.05) is 45.9 Å². The van der Waals surface area contributed by atoms with Crippen molar-refractivity contribution in [3.05, 3.63) is 36.0 Å². The van der Waals surface area contributed by atoms with Gasteiger partial charge < -0.3 is 62.9 Å². The maximum Gasteiger partial charge on any atom is 0.410 e. The van der Waals surface area contributed by atoms with Crippen LogP contribution in [-0.2, 0) is 19.0 Å². The Balaban J connectivity index is 0.00000833. The van der Waals surface area contributed by atoms with Gasteiger partial charge in [0.25, 0.3) is 0 Å². The van der Waals surface area contributed by atoms with Gasteiger partial charge in [0.15, 0.2) is 6.10 Å². The number of esters is 1. The molecule has 49 heavy (non-hydrogen) atoms. The zero-order valence-electron chi connectivity index (χ0n) is 31.4. The summed E-state index contributed by atoms with van der Waals surface area (Å²) >= 11 is 0. The zero-order chi connectivity index (χ0) is 35.8. The van der Waals surface area contributed by atoms with Crippen molar-refractivity contribution in [2.45, 2.75) is 142 Å². The van der Waals surface area contributed by atoms with E-state index in [2.05, 4.69) is 33.9 Å². The molecule has 3 N–H and O–H groups in total. The Hall–Kier alpha value is -1.51. The Labute approximate surface area is 312 Å². The molecule has 10 nitrogen and oxygen atoms in total. The Bertz CT molecular complexity index is 1160. The van der Waals surface area contributed by atoms with Crippen LogP contribution < -0.4 is 24.0 Å². The Morgan fingerprint density at radius 3 is 2.55 bits per heavy atom. The van der Waals surface area contributed by atoms with Gasteiger partial charge >= 0.3 is 12.1 Å². The number of nitrogens with zero attached hydrogens (tertiary/aromatic N) is 2. The van der Waals surface area contributed by atoms with E-state index in [0.717, 1.165) is 36.0 Å². The molecule has 0 aliphatic carbocycles. The number of halogens is 1. The van der Waals surface area contributed by atoms with Crippen LogP contribution in [0.4, 0.5) is 4.79 Å². The highest BCUT2D eigenvalue weighted by Gasteiger charge is 2.45. The first-order chi connectivity index (χ1) is 22.5. The Morgan fingerprint density at radius 2 is 1.90 bits per heavy atom. The van der Waals surface area contributed by atoms with Gasteiger partial charge in [0.2, 0.25) is 0 Å². The molecule has 0 spiro atoms. The van der Waals surface area contributed by atoms with E-state index >= 15 is 0 Å². The number of rotatable bonds is 10. The zero-order valence-corrected chi connectivity index (χ0v) is 33.5. The van der Waals surface area contributed by atoms with E-state index in [1.54, 1.807) is 17.9 Å². The van der Waals surface area contributed by atoms with Crippen molar-refractivity contribution in [3.63, 3.8) is 0 Å². The molecule has 3 aliphatic rings. The molecule has 0 aromatic carbocycles. The van der Waals surface area contributed by atoms with E-state index in [-0.39, 0.29) is 79.3 Å². The lowest BCUT2D eigenvalue weighted by atomic mass is 9.88. The minimum Gasteiger partial charge on any atom is -1.00 e. The fourth-order valence-corrected chi connectivity index (χ4v) is 6.86. The van der Waals surface area contributed by atoms with Crippen LogP contribution in [0, 0.1) is 17.8 Å². The number of epoxide rings is 1. The molecule has 1 amide bonds. The third-order valence-electron chi connectivity index (χ3n) is 11.1. The molecule has 0 bridgehead atoms. The van der Waals surface area contributed by atoms with Gasteiger partial charge in [-0.25, -0.2) is 4.79 Å². The van der Waals surface area contributed by atoms with Crippen LogP contribution in [0.2, 0.25) is 0 Å². The molecule has 2 fully saturated rings. The van der Waals surface area contributed by atoms with Gasteiger partial charge in [-0.05, 0) is 70.9 Å². The number of cyclic esters (lactones) is 1. The number of quaternary nitrogens is 1. The van der Waals surface area contributed by atoms with Gasteiger partial charge in [-0.3, -0.25) is 4.79 Å². The summed E-state index contributed by atoms with van der Waals surface area (Å²) < 4.78 is 18.7. The van der Waals surface area contributed by atoms with Gasteiger partial charge in [-0.15, -0.1) is 0 Å². The number of carbonyl (C=O) groups excluding carboxylic acids is 2. The maximum absolute atomic E-state index is 13.5. The van der Waals surface area contributed by atoms with Crippen LogP contribution in [0.25, 0.3) is 0 Å². The average Bonchev–Trinajstić information content (AvgIpc) is 3.82. The number of hydrogen-bond acceptors (Lipinski definition) is 8. The predicted octanol–water partition coefficient (Wildman–Crippen LogP) is 2.16. The minimum absolute atomic E-state index is 0. The first-order valence-corrected chi connectivity index (χ1v) is 18.2. The van der Waals surface area contributed by atoms with Crippen molar-refractivity contribution in [2.75, 3.05) is 33.2 Å². The minimum atomic E-state index is -1.46. The highest BCUT2D eigenvalue weighted by atomic mass is 127. The van der Waals surface area contributed by atoms with Crippen LogP contribution >= 0.6 is 0 Å². The fraction of sp³-hybridized carbons (Fsp3) is 0.789. The molecule has 0 saturated carbocycles. The SMILES string of the molecule is CC[C@H](O)[C@@H](C)[C@H]1O[C@@H]1C[C@H](C)/C=C/C=C(\C)[C@H]1OC(=O)C[C@H](O)CC[C@@](C)(O)[C@@H](OC(=O)N2CCC[N+](C)(C(C)C)CC2)/C=C/[C@@H]1C.[I-]. The molecule has 3 rings (SSSR count). The molecule has 0 radical (unpaired) electrons. The van der Waals surface area contributed by atoms with Gasteiger partial charge in [0.1, 0.15) is 11.7 Å². The van der Waals surface area contributed by atoms with Gasteiger partial charge in [0, 0.05) is 24.8 Å². The standard InChI is InChI=1S/C38H65N2O8.HI/c1-10-31(42)29(7)36-32(46-36)23-26(4)13-11-14-27(5)35-28(6)15-16-33(38(8,45)18-17-30(41)24-34(43)48-35)47-37(44)39-19-12-21-40(9,22-20-39)25(2)3;/h11,13-16,25-26,28-33,35-36,41-42,45H,10,12,17-24H2,1-9H3;1H/q+1;/p-1/b13-11+,16-15+,27-14+;/t26-,28+,29-,30-,31+,32-,33+,35-,36-,38-,40?;/m1./s1. The van der Waals surface area contributed by atoms with Crippen molar-refractivity contribution in [1.29, 1.82) is 0 Å². The number of aliphatic hydroxyl groups excluding tert-OH is 2. The molecule has 1 unspecified atom stereocenters. The summed E-state index contributed by atoms with van der Waals surface area (Å²) in [6.45, 7) is 19.0. The van der Waals surface area contributed by atoms with E-state index in [1.165, 1.54) is 0 Å². The quantitative estimate of drug-likeness (QED) is 0.0767. The summed E-state index contributed by atoms with van der Waals surface area (Å²) in [5.41, 5.74) is -0.632. The molecule has 11 heteroatoms. The highest BCUT2D eigenvalue weighted by Crippen LogP contribution is 2.36. The molecule has 0 aromatic rings. The van der Waals surface area contributed by atoms with Crippen molar-refractivity contribution < 1.29 is 67.6 Å². The van der Waals surface area contributed by atoms with E-state index in [4.69, 9.17) is 14.2 Å². The van der Waals surface area contributed by atoms with Crippen LogP contribution in [0.5, 0.6) is 0 Å². The maximum atomic E-state index is 13.5. The third kappa shape index (κ3) is 12.9. The second kappa shape index (κ2) is 19.4. The summed E-state index contributed by atoms with van der Waals surface area (Å²) in [6, 6.07) is 0.447. The fourth-order valence-electron chi connectivity index (χ4n) is 6.86. The normalized spacial score (nSPS) is 36.0. The van der Waals surface area contributed by atoms with E-state index < -0.39 is 36.0 Å². The van der Waals surface area contributed by atoms with E-state index in [0.29, 0.717) is 25.6 Å². The lowest BCUT2D eigenvalue weighted by Crippen LogP contribution is -3.00. The molecule has 3 aliphatic heterocycles. The number of aliphatic hydroxyl groups is 3. The molecule has 282 valence electrons. The number of hydrogen-bond donors (Lipinski definition) is 3. The van der Waals surface area contributed by atoms with Crippen molar-refractivity contribution in [3.8, 4) is 0 Å². The number of carbonyl (C=O) groups is 2. The molecule has 11 atom stereocenters. The van der Waals surface area contributed by atoms with Gasteiger partial charge in [-0.1, -0.05) is 52.0 Å². The summed E-state index contributed by atoms with van der Waals surface area (Å²) in [5.74, 6) is -0.446.